The molecule has 0 heteroatoms. The van der Waals surface area contributed by atoms with Crippen LogP contribution in [0, 0.1) is 0 Å². The summed E-state index contributed by atoms with van der Waals surface area (Å²) in [5, 5.41) is 0. The second kappa shape index (κ2) is 11.7. The van der Waals surface area contributed by atoms with Crippen molar-refractivity contribution in [2.45, 2.75) is 119 Å². The minimum atomic E-state index is 1.28. The van der Waals surface area contributed by atoms with Crippen molar-refractivity contribution in [3.63, 3.8) is 0 Å². The minimum absolute atomic E-state index is 1.28. The Kier molecular flexibility index (Phi) is 10.4. The third-order valence-corrected chi connectivity index (χ3v) is 5.19. The Hall–Kier alpha value is -0.780. The average Bonchev–Trinajstić information content (AvgIpc) is 2.57. The zero-order chi connectivity index (χ0) is 17.9. The molecule has 1 rings (SSSR count). The molecule has 0 saturated carbocycles. The van der Waals surface area contributed by atoms with Gasteiger partial charge in [0.25, 0.3) is 0 Å². The fourth-order valence-corrected chi connectivity index (χ4v) is 4.40. The van der Waals surface area contributed by atoms with Crippen LogP contribution < -0.4 is 0 Å². The Morgan fingerprint density at radius 2 is 0.417 bits per heavy atom. The van der Waals surface area contributed by atoms with Crippen molar-refractivity contribution in [3.8, 4) is 0 Å². The van der Waals surface area contributed by atoms with Gasteiger partial charge >= 0.3 is 0 Å². The molecule has 0 aliphatic carbocycles. The maximum atomic E-state index is 2.35. The first-order valence-corrected chi connectivity index (χ1v) is 10.9. The van der Waals surface area contributed by atoms with Gasteiger partial charge in [0.05, 0.1) is 0 Å². The first-order valence-electron chi connectivity index (χ1n) is 10.9. The van der Waals surface area contributed by atoms with Crippen LogP contribution in [0.5, 0.6) is 0 Å². The molecule has 0 heterocycles. The van der Waals surface area contributed by atoms with Gasteiger partial charge in [0.2, 0.25) is 0 Å². The molecule has 24 heavy (non-hydrogen) atoms. The van der Waals surface area contributed by atoms with E-state index in [1.165, 1.54) is 77.0 Å². The van der Waals surface area contributed by atoms with Crippen LogP contribution in [0.15, 0.2) is 0 Å². The van der Waals surface area contributed by atoms with Gasteiger partial charge in [-0.15, -0.1) is 0 Å². The number of hydrogen-bond donors (Lipinski definition) is 0. The number of hydrogen-bond acceptors (Lipinski definition) is 0. The summed E-state index contributed by atoms with van der Waals surface area (Å²) in [5.74, 6) is 0. The highest BCUT2D eigenvalue weighted by molar-refractivity contribution is 5.53. The van der Waals surface area contributed by atoms with Gasteiger partial charge < -0.3 is 0 Å². The molecular formula is C24H42. The van der Waals surface area contributed by atoms with Crippen LogP contribution in [-0.2, 0) is 38.5 Å². The molecule has 0 nitrogen and oxygen atoms in total. The predicted octanol–water partition coefficient (Wildman–Crippen LogP) is 7.40. The van der Waals surface area contributed by atoms with Gasteiger partial charge in [0.15, 0.2) is 0 Å². The largest absolute Gasteiger partial charge is 0.0651 e. The Bertz CT molecular complexity index is 345. The van der Waals surface area contributed by atoms with E-state index in [-0.39, 0.29) is 0 Å². The van der Waals surface area contributed by atoms with Crippen LogP contribution in [0.3, 0.4) is 0 Å². The fourth-order valence-electron chi connectivity index (χ4n) is 4.40. The quantitative estimate of drug-likeness (QED) is 0.374. The molecule has 0 N–H and O–H groups in total. The maximum absolute atomic E-state index is 2.35. The van der Waals surface area contributed by atoms with Gasteiger partial charge in [-0.1, -0.05) is 80.1 Å². The molecule has 0 atom stereocenters. The predicted molar refractivity (Wildman–Crippen MR) is 110 cm³/mol. The van der Waals surface area contributed by atoms with Gasteiger partial charge in [-0.3, -0.25) is 0 Å². The summed E-state index contributed by atoms with van der Waals surface area (Å²) in [6, 6.07) is 0. The Balaban J connectivity index is 3.74. The third-order valence-electron chi connectivity index (χ3n) is 5.19. The summed E-state index contributed by atoms with van der Waals surface area (Å²) in [7, 11) is 0. The van der Waals surface area contributed by atoms with Gasteiger partial charge in [-0.05, 0) is 71.9 Å². The van der Waals surface area contributed by atoms with Crippen molar-refractivity contribution in [1.82, 2.24) is 0 Å². The van der Waals surface area contributed by atoms with Crippen molar-refractivity contribution in [2.75, 3.05) is 0 Å². The van der Waals surface area contributed by atoms with Crippen LogP contribution in [0.1, 0.15) is 113 Å². The fraction of sp³-hybridized carbons (Fsp3) is 0.750. The van der Waals surface area contributed by atoms with Gasteiger partial charge in [-0.2, -0.15) is 0 Å². The number of benzene rings is 1. The van der Waals surface area contributed by atoms with E-state index in [0.717, 1.165) is 0 Å². The van der Waals surface area contributed by atoms with E-state index in [9.17, 15) is 0 Å². The smallest absolute Gasteiger partial charge is 0.0276 e. The molecule has 0 radical (unpaired) electrons. The monoisotopic (exact) mass is 330 g/mol. The second-order valence-electron chi connectivity index (χ2n) is 7.37. The van der Waals surface area contributed by atoms with Crippen molar-refractivity contribution < 1.29 is 0 Å². The highest BCUT2D eigenvalue weighted by Gasteiger charge is 2.21. The van der Waals surface area contributed by atoms with Crippen molar-refractivity contribution in [1.29, 1.82) is 0 Å². The molecule has 0 aliphatic heterocycles. The molecule has 0 unspecified atom stereocenters. The Morgan fingerprint density at radius 1 is 0.292 bits per heavy atom. The zero-order valence-corrected chi connectivity index (χ0v) is 17.5. The van der Waals surface area contributed by atoms with Gasteiger partial charge in [0.1, 0.15) is 0 Å². The molecular weight excluding hydrogens is 288 g/mol. The first kappa shape index (κ1) is 21.3. The maximum Gasteiger partial charge on any atom is -0.0276 e. The van der Waals surface area contributed by atoms with Crippen LogP contribution in [0.25, 0.3) is 0 Å². The van der Waals surface area contributed by atoms with Crippen LogP contribution in [0.2, 0.25) is 0 Å². The van der Waals surface area contributed by atoms with E-state index < -0.39 is 0 Å². The topological polar surface area (TPSA) is 0 Å². The average molecular weight is 331 g/mol. The highest BCUT2D eigenvalue weighted by atomic mass is 14.3. The molecule has 1 aromatic carbocycles. The first-order chi connectivity index (χ1) is 11.7. The van der Waals surface area contributed by atoms with E-state index in [2.05, 4.69) is 41.5 Å². The summed E-state index contributed by atoms with van der Waals surface area (Å²) < 4.78 is 0. The molecule has 1 aromatic rings. The zero-order valence-electron chi connectivity index (χ0n) is 17.5. The lowest BCUT2D eigenvalue weighted by Crippen LogP contribution is -2.14. The van der Waals surface area contributed by atoms with Crippen molar-refractivity contribution in [3.05, 3.63) is 33.4 Å². The van der Waals surface area contributed by atoms with Crippen LogP contribution >= 0.6 is 0 Å². The summed E-state index contributed by atoms with van der Waals surface area (Å²) >= 11 is 0. The van der Waals surface area contributed by atoms with E-state index in [4.69, 9.17) is 0 Å². The molecule has 0 fully saturated rings. The minimum Gasteiger partial charge on any atom is -0.0651 e. The number of rotatable bonds is 12. The standard InChI is InChI=1S/C24H42/c1-7-13-19-20(14-8-2)22(16-10-4)24(18-12-6)23(17-11-5)21(19)15-9-3/h7-18H2,1-6H3. The Morgan fingerprint density at radius 3 is 0.500 bits per heavy atom. The SMILES string of the molecule is CCCc1c(CCC)c(CCC)c(CCC)c(CCC)c1CCC. The van der Waals surface area contributed by atoms with E-state index in [0.29, 0.717) is 0 Å². The molecule has 0 amide bonds. The van der Waals surface area contributed by atoms with Crippen LogP contribution in [-0.4, -0.2) is 0 Å². The second-order valence-corrected chi connectivity index (χ2v) is 7.37. The molecule has 0 aliphatic rings. The third kappa shape index (κ3) is 5.11. The van der Waals surface area contributed by atoms with Crippen LogP contribution in [0.4, 0.5) is 0 Å². The summed E-state index contributed by atoms with van der Waals surface area (Å²) in [6.07, 6.45) is 15.3. The molecule has 138 valence electrons. The van der Waals surface area contributed by atoms with Crippen molar-refractivity contribution >= 4 is 0 Å². The van der Waals surface area contributed by atoms with Gasteiger partial charge in [-0.25, -0.2) is 0 Å². The normalized spacial score (nSPS) is 11.2. The molecule has 0 bridgehead atoms. The molecule has 0 spiro atoms. The van der Waals surface area contributed by atoms with E-state index >= 15 is 0 Å². The van der Waals surface area contributed by atoms with Crippen molar-refractivity contribution in [2.24, 2.45) is 0 Å². The van der Waals surface area contributed by atoms with Gasteiger partial charge in [0, 0.05) is 0 Å². The van der Waals surface area contributed by atoms with E-state index in [1.54, 1.807) is 33.4 Å². The van der Waals surface area contributed by atoms with E-state index in [1.807, 2.05) is 0 Å². The molecule has 0 aromatic heterocycles. The lowest BCUT2D eigenvalue weighted by atomic mass is 9.78. The molecule has 0 saturated heterocycles. The lowest BCUT2D eigenvalue weighted by molar-refractivity contribution is 0.753. The summed E-state index contributed by atoms with van der Waals surface area (Å²) in [5.41, 5.74) is 10.5. The summed E-state index contributed by atoms with van der Waals surface area (Å²) in [6.45, 7) is 14.1. The lowest BCUT2D eigenvalue weighted by Gasteiger charge is -2.27. The highest BCUT2D eigenvalue weighted by Crippen LogP contribution is 2.34. The Labute approximate surface area is 152 Å². The summed E-state index contributed by atoms with van der Waals surface area (Å²) in [4.78, 5) is 0.